The number of hydrogen-bond donors (Lipinski definition) is 0. The molecule has 0 aromatic heterocycles. The molecule has 0 amide bonds. The molecule has 0 saturated carbocycles. The van der Waals surface area contributed by atoms with E-state index in [9.17, 15) is 0 Å². The van der Waals surface area contributed by atoms with Gasteiger partial charge in [-0.3, -0.25) is 6.08 Å². The zero-order chi connectivity index (χ0) is 15.6. The monoisotopic (exact) mass is 513 g/mol. The van der Waals surface area contributed by atoms with Crippen LogP contribution in [0.15, 0.2) is 47.1 Å². The predicted octanol–water partition coefficient (Wildman–Crippen LogP) is -0.734. The summed E-state index contributed by atoms with van der Waals surface area (Å²) in [6.45, 7) is 11.0. The number of halogens is 2. The molecule has 0 radical (unpaired) electrons. The number of hydrogen-bond acceptors (Lipinski definition) is 0. The summed E-state index contributed by atoms with van der Waals surface area (Å²) >= 11 is 1.24. The standard InChI is InChI=1S/C18H19.C2H4.2ClH.Hf/c1-12-11-18(4,14(3)13(12)2)17-10-9-15-7-5-6-8-16(15)17;1-2;;;/h5-10,17H,1-4H3;1H,2H3;2*1H;/q-1;;;;+2/p-2. The average molecular weight is 513 g/mol. The minimum absolute atomic E-state index is 0. The van der Waals surface area contributed by atoms with E-state index in [1.54, 1.807) is 0 Å². The molecule has 0 saturated heterocycles. The zero-order valence-corrected chi connectivity index (χ0v) is 19.5. The van der Waals surface area contributed by atoms with Crippen LogP contribution in [0.5, 0.6) is 0 Å². The van der Waals surface area contributed by atoms with Crippen LogP contribution in [0.4, 0.5) is 0 Å². The Morgan fingerprint density at radius 3 is 2.22 bits per heavy atom. The Kier molecular flexibility index (Phi) is 9.20. The molecule has 0 aliphatic heterocycles. The number of rotatable bonds is 1. The molecule has 23 heavy (non-hydrogen) atoms. The van der Waals surface area contributed by atoms with Gasteiger partial charge in [-0.2, -0.15) is 11.1 Å². The molecule has 0 spiro atoms. The Hall–Kier alpha value is -0.240. The first kappa shape index (κ1) is 22.8. The van der Waals surface area contributed by atoms with Crippen LogP contribution in [0.2, 0.25) is 0 Å². The molecular formula is C20H23Cl2Hf-. The van der Waals surface area contributed by atoms with Gasteiger partial charge in [0.2, 0.25) is 0 Å². The van der Waals surface area contributed by atoms with Crippen molar-refractivity contribution >= 4 is 9.83 Å². The van der Waals surface area contributed by atoms with E-state index in [-0.39, 0.29) is 30.2 Å². The van der Waals surface area contributed by atoms with Crippen LogP contribution < -0.4 is 24.8 Å². The Bertz CT molecular complexity index is 655. The van der Waals surface area contributed by atoms with Gasteiger partial charge in [-0.05, 0) is 17.0 Å². The first-order valence-electron chi connectivity index (χ1n) is 7.48. The molecule has 0 nitrogen and oxygen atoms in total. The van der Waals surface area contributed by atoms with Gasteiger partial charge < -0.3 is 24.8 Å². The van der Waals surface area contributed by atoms with Crippen LogP contribution in [-0.4, -0.2) is 3.76 Å². The van der Waals surface area contributed by atoms with E-state index in [4.69, 9.17) is 0 Å². The molecular weight excluding hydrogens is 490 g/mol. The zero-order valence-electron chi connectivity index (χ0n) is 14.4. The summed E-state index contributed by atoms with van der Waals surface area (Å²) in [5.74, 6) is 0.432. The molecule has 2 aliphatic rings. The molecule has 3 heteroatoms. The molecule has 0 N–H and O–H groups in total. The Morgan fingerprint density at radius 2 is 1.70 bits per heavy atom. The van der Waals surface area contributed by atoms with Gasteiger partial charge in [0.05, 0.1) is 0 Å². The summed E-state index contributed by atoms with van der Waals surface area (Å²) in [5, 5.41) is 0. The number of allylic oxidation sites excluding steroid dienone is 5. The van der Waals surface area contributed by atoms with Crippen LogP contribution in [0.25, 0.3) is 6.08 Å². The molecule has 0 bridgehead atoms. The quantitative estimate of drug-likeness (QED) is 0.344. The second-order valence-corrected chi connectivity index (χ2v) is 8.03. The average Bonchev–Trinajstić information content (AvgIpc) is 2.97. The van der Waals surface area contributed by atoms with E-state index in [2.05, 4.69) is 80.9 Å². The van der Waals surface area contributed by atoms with Gasteiger partial charge in [0.15, 0.2) is 0 Å². The summed E-state index contributed by atoms with van der Waals surface area (Å²) in [6, 6.07) is 8.71. The predicted molar refractivity (Wildman–Crippen MR) is 88.9 cm³/mol. The van der Waals surface area contributed by atoms with E-state index in [1.807, 2.05) is 0 Å². The van der Waals surface area contributed by atoms with E-state index in [1.165, 1.54) is 51.7 Å². The summed E-state index contributed by atoms with van der Waals surface area (Å²) in [6.07, 6.45) is 8.30. The molecule has 2 atom stereocenters. The van der Waals surface area contributed by atoms with Crippen molar-refractivity contribution in [2.24, 2.45) is 5.41 Å². The first-order chi connectivity index (χ1) is 9.95. The SMILES string of the molecule is CC1=[C-]C(C)(C2C=Cc3ccccc32)C(C)=C1C.C[CH]=[Hf+2].[Cl-].[Cl-]. The minimum atomic E-state index is 0. The molecule has 1 aromatic rings. The van der Waals surface area contributed by atoms with Crippen molar-refractivity contribution < 1.29 is 48.7 Å². The largest absolute Gasteiger partial charge is 1.00 e. The second kappa shape index (κ2) is 9.30. The van der Waals surface area contributed by atoms with Crippen LogP contribution in [0.3, 0.4) is 0 Å². The Labute approximate surface area is 168 Å². The maximum absolute atomic E-state index is 3.70. The summed E-state index contributed by atoms with van der Waals surface area (Å²) in [7, 11) is 0. The maximum Gasteiger partial charge on any atom is -1.00 e. The van der Waals surface area contributed by atoms with Crippen molar-refractivity contribution in [3.05, 3.63) is 64.3 Å². The van der Waals surface area contributed by atoms with E-state index in [0.29, 0.717) is 5.92 Å². The third-order valence-corrected chi connectivity index (χ3v) is 4.77. The fraction of sp³-hybridized carbons (Fsp3) is 0.350. The molecule has 0 heterocycles. The van der Waals surface area contributed by atoms with E-state index in [0.717, 1.165) is 0 Å². The van der Waals surface area contributed by atoms with Gasteiger partial charge in [-0.1, -0.05) is 62.6 Å². The van der Waals surface area contributed by atoms with Gasteiger partial charge >= 0.3 is 34.6 Å². The summed E-state index contributed by atoms with van der Waals surface area (Å²) in [4.78, 5) is 0. The van der Waals surface area contributed by atoms with Crippen LogP contribution in [0.1, 0.15) is 51.7 Å². The van der Waals surface area contributed by atoms with Gasteiger partial charge in [-0.15, -0.1) is 6.92 Å². The smallest absolute Gasteiger partial charge is 1.00 e. The van der Waals surface area contributed by atoms with E-state index >= 15 is 0 Å². The van der Waals surface area contributed by atoms with Crippen molar-refractivity contribution in [3.63, 3.8) is 0 Å². The van der Waals surface area contributed by atoms with Gasteiger partial charge in [0.1, 0.15) is 0 Å². The van der Waals surface area contributed by atoms with E-state index < -0.39 is 0 Å². The van der Waals surface area contributed by atoms with Gasteiger partial charge in [-0.25, -0.2) is 5.57 Å². The molecule has 1 aromatic carbocycles. The van der Waals surface area contributed by atoms with Crippen LogP contribution >= 0.6 is 0 Å². The molecule has 0 fully saturated rings. The number of fused-ring (bicyclic) bond motifs is 1. The Morgan fingerprint density at radius 1 is 1.13 bits per heavy atom. The molecule has 3 rings (SSSR count). The number of benzene rings is 1. The van der Waals surface area contributed by atoms with Crippen molar-refractivity contribution in [3.8, 4) is 0 Å². The molecule has 2 unspecified atom stereocenters. The molecule has 2 aliphatic carbocycles. The Balaban J connectivity index is 0.000000902. The summed E-state index contributed by atoms with van der Waals surface area (Å²) in [5.41, 5.74) is 7.02. The van der Waals surface area contributed by atoms with Crippen LogP contribution in [0, 0.1) is 11.5 Å². The van der Waals surface area contributed by atoms with Gasteiger partial charge in [0, 0.05) is 0 Å². The topological polar surface area (TPSA) is 0 Å². The second-order valence-electron chi connectivity index (χ2n) is 5.96. The van der Waals surface area contributed by atoms with Crippen molar-refractivity contribution in [1.82, 2.24) is 0 Å². The van der Waals surface area contributed by atoms with Crippen molar-refractivity contribution in [2.45, 2.75) is 40.5 Å². The van der Waals surface area contributed by atoms with Crippen molar-refractivity contribution in [1.29, 1.82) is 0 Å². The summed E-state index contributed by atoms with van der Waals surface area (Å²) < 4.78 is 2.14. The fourth-order valence-corrected chi connectivity index (χ4v) is 3.31. The third kappa shape index (κ3) is 4.24. The van der Waals surface area contributed by atoms with Gasteiger partial charge in [0.25, 0.3) is 0 Å². The molecule has 122 valence electrons. The maximum atomic E-state index is 3.70. The third-order valence-electron chi connectivity index (χ3n) is 4.77. The minimum Gasteiger partial charge on any atom is -1.00 e. The fourth-order valence-electron chi connectivity index (χ4n) is 3.31. The first-order valence-corrected chi connectivity index (χ1v) is 9.55. The van der Waals surface area contributed by atoms with Crippen molar-refractivity contribution in [2.75, 3.05) is 0 Å². The van der Waals surface area contributed by atoms with Crippen LogP contribution in [-0.2, 0) is 23.9 Å². The normalized spacial score (nSPS) is 24.0.